The summed E-state index contributed by atoms with van der Waals surface area (Å²) in [6.45, 7) is 2.16. The second-order valence-corrected chi connectivity index (χ2v) is 6.43. The van der Waals surface area contributed by atoms with Gasteiger partial charge in [-0.3, -0.25) is 9.69 Å². The Morgan fingerprint density at radius 1 is 1.19 bits per heavy atom. The van der Waals surface area contributed by atoms with Gasteiger partial charge in [0.25, 0.3) is 0 Å². The number of rotatable bonds is 4. The molecule has 1 aromatic rings. The molecule has 2 heterocycles. The zero-order valence-electron chi connectivity index (χ0n) is 12.7. The quantitative estimate of drug-likeness (QED) is 0.924. The third-order valence-corrected chi connectivity index (χ3v) is 5.19. The van der Waals surface area contributed by atoms with Crippen LogP contribution in [-0.4, -0.2) is 34.3 Å². The summed E-state index contributed by atoms with van der Waals surface area (Å²) in [6, 6.07) is 3.79. The molecule has 0 unspecified atom stereocenters. The van der Waals surface area contributed by atoms with Gasteiger partial charge < -0.3 is 5.73 Å². The van der Waals surface area contributed by atoms with E-state index in [1.165, 1.54) is 32.1 Å². The van der Waals surface area contributed by atoms with E-state index < -0.39 is 0 Å². The number of carbonyl (C=O) groups excluding carboxylic acids is 1. The Labute approximate surface area is 126 Å². The maximum absolute atomic E-state index is 13.1. The van der Waals surface area contributed by atoms with Crippen molar-refractivity contribution in [1.82, 2.24) is 9.88 Å². The normalized spacial score (nSPS) is 22.3. The summed E-state index contributed by atoms with van der Waals surface area (Å²) in [5.41, 5.74) is 6.57. The zero-order chi connectivity index (χ0) is 14.7. The Balaban J connectivity index is 1.80. The molecule has 0 radical (unpaired) electrons. The highest BCUT2D eigenvalue weighted by atomic mass is 16.1. The predicted octanol–water partition coefficient (Wildman–Crippen LogP) is 2.57. The summed E-state index contributed by atoms with van der Waals surface area (Å²) in [6.07, 6.45) is 10.2. The molecule has 21 heavy (non-hydrogen) atoms. The summed E-state index contributed by atoms with van der Waals surface area (Å²) in [5.74, 6) is 0.847. The van der Waals surface area contributed by atoms with E-state index >= 15 is 0 Å². The molecule has 0 bridgehead atoms. The Bertz CT molecular complexity index is 503. The molecule has 2 N–H and O–H groups in total. The van der Waals surface area contributed by atoms with E-state index in [9.17, 15) is 4.79 Å². The van der Waals surface area contributed by atoms with Crippen LogP contribution in [0.1, 0.15) is 50.5 Å². The van der Waals surface area contributed by atoms with Crippen LogP contribution in [-0.2, 0) is 11.2 Å². The van der Waals surface area contributed by atoms with Gasteiger partial charge in [-0.25, -0.2) is 4.98 Å². The number of nitrogens with zero attached hydrogens (tertiary/aromatic N) is 2. The van der Waals surface area contributed by atoms with Crippen LogP contribution in [0.25, 0.3) is 0 Å². The number of anilines is 1. The highest BCUT2D eigenvalue weighted by Crippen LogP contribution is 2.38. The van der Waals surface area contributed by atoms with Crippen molar-refractivity contribution in [3.8, 4) is 0 Å². The van der Waals surface area contributed by atoms with E-state index in [0.717, 1.165) is 31.5 Å². The van der Waals surface area contributed by atoms with Gasteiger partial charge in [0.05, 0.1) is 5.54 Å². The molecule has 1 aliphatic carbocycles. The minimum Gasteiger partial charge on any atom is -0.383 e. The van der Waals surface area contributed by atoms with Gasteiger partial charge in [-0.15, -0.1) is 0 Å². The molecule has 2 fully saturated rings. The summed E-state index contributed by atoms with van der Waals surface area (Å²) in [5, 5.41) is 0. The molecule has 4 heteroatoms. The second kappa shape index (κ2) is 6.14. The van der Waals surface area contributed by atoms with Gasteiger partial charge in [0, 0.05) is 18.2 Å². The third kappa shape index (κ3) is 2.82. The molecule has 1 saturated heterocycles. The van der Waals surface area contributed by atoms with Crippen LogP contribution in [0.5, 0.6) is 0 Å². The highest BCUT2D eigenvalue weighted by molar-refractivity contribution is 5.91. The fourth-order valence-corrected chi connectivity index (χ4v) is 3.99. The Kier molecular flexibility index (Phi) is 4.24. The molecule has 0 spiro atoms. The smallest absolute Gasteiger partial charge is 0.157 e. The van der Waals surface area contributed by atoms with Crippen molar-refractivity contribution in [3.05, 3.63) is 23.9 Å². The number of nitrogen functional groups attached to an aromatic ring is 1. The zero-order valence-corrected chi connectivity index (χ0v) is 12.7. The number of ketones is 1. The minimum absolute atomic E-state index is 0.220. The number of carbonyl (C=O) groups is 1. The van der Waals surface area contributed by atoms with E-state index in [2.05, 4.69) is 9.88 Å². The number of Topliss-reactive ketones (excluding diaryl/α,β-unsaturated/α-hetero) is 1. The lowest BCUT2D eigenvalue weighted by Crippen LogP contribution is -2.55. The molecular formula is C17H25N3O. The highest BCUT2D eigenvalue weighted by Gasteiger charge is 2.45. The van der Waals surface area contributed by atoms with E-state index in [4.69, 9.17) is 5.73 Å². The number of nitrogens with two attached hydrogens (primary N) is 1. The van der Waals surface area contributed by atoms with Gasteiger partial charge in [0.1, 0.15) is 5.82 Å². The van der Waals surface area contributed by atoms with Crippen LogP contribution >= 0.6 is 0 Å². The average Bonchev–Trinajstić information content (AvgIpc) is 3.01. The Hall–Kier alpha value is -1.42. The summed E-state index contributed by atoms with van der Waals surface area (Å²) in [7, 11) is 0. The van der Waals surface area contributed by atoms with Crippen molar-refractivity contribution >= 4 is 11.6 Å². The Morgan fingerprint density at radius 2 is 1.90 bits per heavy atom. The molecule has 1 saturated carbocycles. The number of hydrogen-bond donors (Lipinski definition) is 1. The number of pyridine rings is 1. The van der Waals surface area contributed by atoms with E-state index in [1.54, 1.807) is 6.20 Å². The van der Waals surface area contributed by atoms with Crippen molar-refractivity contribution in [2.24, 2.45) is 0 Å². The van der Waals surface area contributed by atoms with Crippen molar-refractivity contribution in [2.45, 2.75) is 56.9 Å². The van der Waals surface area contributed by atoms with Gasteiger partial charge in [0.2, 0.25) is 0 Å². The predicted molar refractivity (Wildman–Crippen MR) is 84.0 cm³/mol. The lowest BCUT2D eigenvalue weighted by atomic mass is 9.85. The third-order valence-electron chi connectivity index (χ3n) is 5.19. The SMILES string of the molecule is Nc1ncccc1CC(=O)C1(N2CCCCC2)CCCC1. The van der Waals surface area contributed by atoms with Gasteiger partial charge in [-0.05, 0) is 44.8 Å². The van der Waals surface area contributed by atoms with Crippen molar-refractivity contribution < 1.29 is 4.79 Å². The molecule has 114 valence electrons. The lowest BCUT2D eigenvalue weighted by Gasteiger charge is -2.42. The maximum Gasteiger partial charge on any atom is 0.157 e. The van der Waals surface area contributed by atoms with E-state index in [0.29, 0.717) is 18.0 Å². The molecule has 4 nitrogen and oxygen atoms in total. The summed E-state index contributed by atoms with van der Waals surface area (Å²) < 4.78 is 0. The van der Waals surface area contributed by atoms with Crippen molar-refractivity contribution in [1.29, 1.82) is 0 Å². The van der Waals surface area contributed by atoms with Crippen LogP contribution in [0.2, 0.25) is 0 Å². The van der Waals surface area contributed by atoms with Crippen molar-refractivity contribution in [3.63, 3.8) is 0 Å². The summed E-state index contributed by atoms with van der Waals surface area (Å²) >= 11 is 0. The average molecular weight is 287 g/mol. The van der Waals surface area contributed by atoms with Gasteiger partial charge in [-0.1, -0.05) is 25.3 Å². The first-order valence-electron chi connectivity index (χ1n) is 8.20. The molecule has 1 aromatic heterocycles. The minimum atomic E-state index is -0.220. The van der Waals surface area contributed by atoms with Gasteiger partial charge >= 0.3 is 0 Å². The van der Waals surface area contributed by atoms with Crippen LogP contribution in [0.15, 0.2) is 18.3 Å². The first-order chi connectivity index (χ1) is 10.2. The van der Waals surface area contributed by atoms with Crippen LogP contribution in [0.4, 0.5) is 5.82 Å². The largest absolute Gasteiger partial charge is 0.383 e. The first kappa shape index (κ1) is 14.5. The van der Waals surface area contributed by atoms with E-state index in [1.807, 2.05) is 12.1 Å². The molecule has 3 rings (SSSR count). The summed E-state index contributed by atoms with van der Waals surface area (Å²) in [4.78, 5) is 19.6. The molecule has 1 aliphatic heterocycles. The number of likely N-dealkylation sites (tertiary alicyclic amines) is 1. The van der Waals surface area contributed by atoms with E-state index in [-0.39, 0.29) is 5.54 Å². The molecule has 0 amide bonds. The number of hydrogen-bond acceptors (Lipinski definition) is 4. The first-order valence-corrected chi connectivity index (χ1v) is 8.20. The maximum atomic E-state index is 13.1. The lowest BCUT2D eigenvalue weighted by molar-refractivity contribution is -0.131. The molecular weight excluding hydrogens is 262 g/mol. The fraction of sp³-hybridized carbons (Fsp3) is 0.647. The number of aromatic nitrogens is 1. The molecule has 0 aromatic carbocycles. The van der Waals surface area contributed by atoms with Gasteiger partial charge in [0.15, 0.2) is 5.78 Å². The topological polar surface area (TPSA) is 59.2 Å². The van der Waals surface area contributed by atoms with Crippen LogP contribution in [0.3, 0.4) is 0 Å². The van der Waals surface area contributed by atoms with Crippen LogP contribution < -0.4 is 5.73 Å². The van der Waals surface area contributed by atoms with Crippen molar-refractivity contribution in [2.75, 3.05) is 18.8 Å². The second-order valence-electron chi connectivity index (χ2n) is 6.43. The van der Waals surface area contributed by atoms with Gasteiger partial charge in [-0.2, -0.15) is 0 Å². The monoisotopic (exact) mass is 287 g/mol. The number of piperidine rings is 1. The standard InChI is InChI=1S/C17H25N3O/c18-16-14(7-6-10-19-16)13-15(21)17(8-2-3-9-17)20-11-4-1-5-12-20/h6-7,10H,1-5,8-9,11-13H2,(H2,18,19). The van der Waals surface area contributed by atoms with Crippen LogP contribution in [0, 0.1) is 0 Å². The molecule has 0 atom stereocenters. The Morgan fingerprint density at radius 3 is 2.57 bits per heavy atom. The fourth-order valence-electron chi connectivity index (χ4n) is 3.99. The molecule has 2 aliphatic rings.